The third-order valence-corrected chi connectivity index (χ3v) is 3.37. The van der Waals surface area contributed by atoms with Crippen molar-refractivity contribution in [2.24, 2.45) is 5.92 Å². The number of amides is 1. The first-order valence-corrected chi connectivity index (χ1v) is 7.63. The predicted octanol–water partition coefficient (Wildman–Crippen LogP) is 2.97. The summed E-state index contributed by atoms with van der Waals surface area (Å²) in [5.74, 6) is 1.27. The van der Waals surface area contributed by atoms with E-state index in [1.54, 1.807) is 0 Å². The lowest BCUT2D eigenvalue weighted by atomic mass is 10.1. The Morgan fingerprint density at radius 1 is 1.33 bits per heavy atom. The van der Waals surface area contributed by atoms with E-state index in [0.29, 0.717) is 31.2 Å². The molecule has 4 heteroatoms. The Bertz CT molecular complexity index is 477. The molecule has 0 aromatic heterocycles. The van der Waals surface area contributed by atoms with Crippen LogP contribution in [0.4, 0.5) is 0 Å². The zero-order chi connectivity index (χ0) is 15.4. The molecule has 2 unspecified atom stereocenters. The molecule has 2 atom stereocenters. The van der Waals surface area contributed by atoms with Crippen molar-refractivity contribution >= 4 is 5.91 Å². The van der Waals surface area contributed by atoms with Gasteiger partial charge in [-0.15, -0.1) is 0 Å². The quantitative estimate of drug-likeness (QED) is 0.856. The average molecular weight is 291 g/mol. The summed E-state index contributed by atoms with van der Waals surface area (Å²) in [5, 5.41) is 0. The number of rotatable bonds is 4. The van der Waals surface area contributed by atoms with E-state index in [2.05, 4.69) is 13.8 Å². The minimum absolute atomic E-state index is 0.0481. The van der Waals surface area contributed by atoms with Crippen LogP contribution >= 0.6 is 0 Å². The van der Waals surface area contributed by atoms with E-state index >= 15 is 0 Å². The fraction of sp³-hybridized carbons (Fsp3) is 0.588. The summed E-state index contributed by atoms with van der Waals surface area (Å²) < 4.78 is 11.4. The number of morpholine rings is 1. The highest BCUT2D eigenvalue weighted by molar-refractivity contribution is 5.94. The van der Waals surface area contributed by atoms with Crippen molar-refractivity contribution in [1.29, 1.82) is 0 Å². The summed E-state index contributed by atoms with van der Waals surface area (Å²) in [5.41, 5.74) is 0.678. The first kappa shape index (κ1) is 15.8. The van der Waals surface area contributed by atoms with Crippen LogP contribution in [0.3, 0.4) is 0 Å². The van der Waals surface area contributed by atoms with E-state index in [-0.39, 0.29) is 18.1 Å². The highest BCUT2D eigenvalue weighted by atomic mass is 16.5. The van der Waals surface area contributed by atoms with Gasteiger partial charge in [0.05, 0.1) is 18.8 Å². The second-order valence-electron chi connectivity index (χ2n) is 6.20. The minimum Gasteiger partial charge on any atom is -0.493 e. The van der Waals surface area contributed by atoms with Crippen molar-refractivity contribution < 1.29 is 14.3 Å². The maximum Gasteiger partial charge on any atom is 0.254 e. The van der Waals surface area contributed by atoms with Crippen molar-refractivity contribution in [3.63, 3.8) is 0 Å². The van der Waals surface area contributed by atoms with Crippen LogP contribution in [0.5, 0.6) is 5.75 Å². The van der Waals surface area contributed by atoms with E-state index in [0.717, 1.165) is 5.75 Å². The van der Waals surface area contributed by atoms with Gasteiger partial charge in [-0.25, -0.2) is 0 Å². The van der Waals surface area contributed by atoms with Crippen molar-refractivity contribution in [1.82, 2.24) is 4.90 Å². The molecule has 4 nitrogen and oxygen atoms in total. The van der Waals surface area contributed by atoms with Crippen LogP contribution in [0, 0.1) is 5.92 Å². The fourth-order valence-electron chi connectivity index (χ4n) is 2.51. The molecular weight excluding hydrogens is 266 g/mol. The van der Waals surface area contributed by atoms with Gasteiger partial charge in [-0.2, -0.15) is 0 Å². The van der Waals surface area contributed by atoms with Crippen LogP contribution in [0.1, 0.15) is 38.1 Å². The molecule has 0 spiro atoms. The lowest BCUT2D eigenvalue weighted by Gasteiger charge is -2.35. The zero-order valence-corrected chi connectivity index (χ0v) is 13.3. The summed E-state index contributed by atoms with van der Waals surface area (Å²) in [6.07, 6.45) is 0.163. The van der Waals surface area contributed by atoms with Crippen LogP contribution in [-0.4, -0.2) is 42.7 Å². The van der Waals surface area contributed by atoms with E-state index < -0.39 is 0 Å². The van der Waals surface area contributed by atoms with E-state index in [1.807, 2.05) is 43.0 Å². The predicted molar refractivity (Wildman–Crippen MR) is 82.7 cm³/mol. The van der Waals surface area contributed by atoms with Gasteiger partial charge in [-0.3, -0.25) is 4.79 Å². The first-order valence-electron chi connectivity index (χ1n) is 7.63. The molecule has 0 radical (unpaired) electrons. The summed E-state index contributed by atoms with van der Waals surface area (Å²) in [7, 11) is 0. The summed E-state index contributed by atoms with van der Waals surface area (Å²) in [6, 6.07) is 7.44. The lowest BCUT2D eigenvalue weighted by molar-refractivity contribution is -0.0586. The number of nitrogens with zero attached hydrogens (tertiary/aromatic N) is 1. The number of ether oxygens (including phenoxy) is 2. The van der Waals surface area contributed by atoms with E-state index in [4.69, 9.17) is 9.47 Å². The van der Waals surface area contributed by atoms with Crippen LogP contribution in [-0.2, 0) is 4.74 Å². The molecule has 0 aliphatic carbocycles. The molecule has 0 bridgehead atoms. The van der Waals surface area contributed by atoms with Crippen LogP contribution in [0.2, 0.25) is 0 Å². The molecule has 1 amide bonds. The molecule has 1 saturated heterocycles. The molecule has 1 fully saturated rings. The molecular formula is C17H25NO3. The summed E-state index contributed by atoms with van der Waals surface area (Å²) >= 11 is 0. The van der Waals surface area contributed by atoms with E-state index in [1.165, 1.54) is 0 Å². The smallest absolute Gasteiger partial charge is 0.254 e. The number of hydrogen-bond donors (Lipinski definition) is 0. The maximum absolute atomic E-state index is 12.6. The van der Waals surface area contributed by atoms with Gasteiger partial charge in [0.2, 0.25) is 0 Å². The van der Waals surface area contributed by atoms with Crippen molar-refractivity contribution in [2.45, 2.75) is 39.9 Å². The fourth-order valence-corrected chi connectivity index (χ4v) is 2.51. The molecule has 1 aromatic carbocycles. The second-order valence-corrected chi connectivity index (χ2v) is 6.20. The third kappa shape index (κ3) is 4.46. The van der Waals surface area contributed by atoms with Gasteiger partial charge >= 0.3 is 0 Å². The molecule has 21 heavy (non-hydrogen) atoms. The Kier molecular flexibility index (Phi) is 5.23. The van der Waals surface area contributed by atoms with Crippen molar-refractivity contribution in [2.75, 3.05) is 19.7 Å². The van der Waals surface area contributed by atoms with E-state index in [9.17, 15) is 4.79 Å². The highest BCUT2D eigenvalue weighted by Crippen LogP contribution is 2.18. The van der Waals surface area contributed by atoms with Crippen LogP contribution in [0.25, 0.3) is 0 Å². The van der Waals surface area contributed by atoms with Gasteiger partial charge in [-0.05, 0) is 38.0 Å². The lowest BCUT2D eigenvalue weighted by Crippen LogP contribution is -2.48. The molecule has 2 rings (SSSR count). The van der Waals surface area contributed by atoms with Crippen LogP contribution < -0.4 is 4.74 Å². The van der Waals surface area contributed by atoms with Crippen molar-refractivity contribution in [3.05, 3.63) is 29.8 Å². The Morgan fingerprint density at radius 3 is 2.62 bits per heavy atom. The molecule has 1 aliphatic heterocycles. The zero-order valence-electron chi connectivity index (χ0n) is 13.3. The molecule has 0 N–H and O–H groups in total. The monoisotopic (exact) mass is 291 g/mol. The van der Waals surface area contributed by atoms with Crippen LogP contribution in [0.15, 0.2) is 24.3 Å². The Labute approximate surface area is 127 Å². The van der Waals surface area contributed by atoms with Gasteiger partial charge < -0.3 is 14.4 Å². The Morgan fingerprint density at radius 2 is 2.00 bits per heavy atom. The van der Waals surface area contributed by atoms with Gasteiger partial charge in [0, 0.05) is 18.7 Å². The standard InChI is InChI=1S/C17H25NO3/c1-12(2)11-20-16-7-5-6-15(8-16)17(19)18-9-13(3)21-14(4)10-18/h5-8,12-14H,9-11H2,1-4H3. The highest BCUT2D eigenvalue weighted by Gasteiger charge is 2.26. The number of carbonyl (C=O) groups is 1. The molecule has 1 heterocycles. The van der Waals surface area contributed by atoms with Gasteiger partial charge in [-0.1, -0.05) is 19.9 Å². The van der Waals surface area contributed by atoms with Gasteiger partial charge in [0.1, 0.15) is 5.75 Å². The maximum atomic E-state index is 12.6. The SMILES string of the molecule is CC(C)COc1cccc(C(=O)N2CC(C)OC(C)C2)c1. The van der Waals surface area contributed by atoms with Gasteiger partial charge in [0.15, 0.2) is 0 Å². The average Bonchev–Trinajstić information content (AvgIpc) is 2.43. The van der Waals surface area contributed by atoms with Crippen molar-refractivity contribution in [3.8, 4) is 5.75 Å². The largest absolute Gasteiger partial charge is 0.493 e. The molecule has 0 saturated carbocycles. The molecule has 1 aromatic rings. The summed E-state index contributed by atoms with van der Waals surface area (Å²) in [6.45, 7) is 10.1. The molecule has 1 aliphatic rings. The molecule has 116 valence electrons. The topological polar surface area (TPSA) is 38.8 Å². The summed E-state index contributed by atoms with van der Waals surface area (Å²) in [4.78, 5) is 14.5. The normalized spacial score (nSPS) is 22.4. The number of benzene rings is 1. The Balaban J connectivity index is 2.06. The minimum atomic E-state index is 0.0481. The second kappa shape index (κ2) is 6.94. The van der Waals surface area contributed by atoms with Gasteiger partial charge in [0.25, 0.3) is 5.91 Å². The Hall–Kier alpha value is -1.55. The number of hydrogen-bond acceptors (Lipinski definition) is 3. The first-order chi connectivity index (χ1) is 9.95. The number of carbonyl (C=O) groups excluding carboxylic acids is 1. The third-order valence-electron chi connectivity index (χ3n) is 3.37.